The van der Waals surface area contributed by atoms with Crippen molar-refractivity contribution in [2.24, 2.45) is 0 Å². The van der Waals surface area contributed by atoms with E-state index in [-0.39, 0.29) is 11.5 Å². The lowest BCUT2D eigenvalue weighted by atomic mass is 10.0. The SMILES string of the molecule is Cc1ncn(CCNC(=O)Cc2ccc(-c3ccccc3)cc2)c(=O)c1C. The average Bonchev–Trinajstić information content (AvgIpc) is 2.69. The summed E-state index contributed by atoms with van der Waals surface area (Å²) in [5.74, 6) is -0.0627. The highest BCUT2D eigenvalue weighted by Crippen LogP contribution is 2.19. The highest BCUT2D eigenvalue weighted by atomic mass is 16.1. The van der Waals surface area contributed by atoms with Gasteiger partial charge in [0.15, 0.2) is 0 Å². The molecule has 0 saturated heterocycles. The van der Waals surface area contributed by atoms with Gasteiger partial charge < -0.3 is 5.32 Å². The van der Waals surface area contributed by atoms with Gasteiger partial charge in [-0.2, -0.15) is 0 Å². The van der Waals surface area contributed by atoms with Gasteiger partial charge >= 0.3 is 0 Å². The third kappa shape index (κ3) is 4.70. The van der Waals surface area contributed by atoms with E-state index in [4.69, 9.17) is 0 Å². The van der Waals surface area contributed by atoms with Gasteiger partial charge in [0.1, 0.15) is 0 Å². The molecule has 0 atom stereocenters. The summed E-state index contributed by atoms with van der Waals surface area (Å²) in [7, 11) is 0. The number of aryl methyl sites for hydroxylation is 1. The van der Waals surface area contributed by atoms with E-state index >= 15 is 0 Å². The predicted octanol–water partition coefficient (Wildman–Crippen LogP) is 2.89. The van der Waals surface area contributed by atoms with Crippen molar-refractivity contribution in [1.82, 2.24) is 14.9 Å². The van der Waals surface area contributed by atoms with Crippen molar-refractivity contribution in [2.45, 2.75) is 26.8 Å². The minimum Gasteiger partial charge on any atom is -0.354 e. The van der Waals surface area contributed by atoms with Crippen molar-refractivity contribution in [2.75, 3.05) is 6.54 Å². The monoisotopic (exact) mass is 361 g/mol. The highest BCUT2D eigenvalue weighted by molar-refractivity contribution is 5.78. The number of carbonyl (C=O) groups excluding carboxylic acids is 1. The summed E-state index contributed by atoms with van der Waals surface area (Å²) in [4.78, 5) is 28.5. The second kappa shape index (κ2) is 8.45. The normalized spacial score (nSPS) is 10.6. The molecule has 1 heterocycles. The largest absolute Gasteiger partial charge is 0.354 e. The Kier molecular flexibility index (Phi) is 5.81. The lowest BCUT2D eigenvalue weighted by Crippen LogP contribution is -2.32. The molecule has 1 N–H and O–H groups in total. The quantitative estimate of drug-likeness (QED) is 0.734. The second-order valence-corrected chi connectivity index (χ2v) is 6.54. The zero-order valence-electron chi connectivity index (χ0n) is 15.6. The molecule has 0 bridgehead atoms. The van der Waals surface area contributed by atoms with Crippen LogP contribution in [-0.2, 0) is 17.8 Å². The van der Waals surface area contributed by atoms with Crippen LogP contribution in [0, 0.1) is 13.8 Å². The van der Waals surface area contributed by atoms with Crippen LogP contribution in [0.3, 0.4) is 0 Å². The molecule has 0 unspecified atom stereocenters. The molecule has 0 saturated carbocycles. The minimum atomic E-state index is -0.0627. The Morgan fingerprint density at radius 2 is 1.67 bits per heavy atom. The molecule has 5 heteroatoms. The smallest absolute Gasteiger partial charge is 0.256 e. The van der Waals surface area contributed by atoms with Crippen molar-refractivity contribution in [3.8, 4) is 11.1 Å². The van der Waals surface area contributed by atoms with Crippen LogP contribution in [0.4, 0.5) is 0 Å². The Morgan fingerprint density at radius 3 is 2.37 bits per heavy atom. The van der Waals surface area contributed by atoms with E-state index in [0.29, 0.717) is 25.1 Å². The molecule has 2 aromatic carbocycles. The summed E-state index contributed by atoms with van der Waals surface area (Å²) in [6, 6.07) is 18.1. The molecule has 5 nitrogen and oxygen atoms in total. The first-order valence-corrected chi connectivity index (χ1v) is 8.98. The van der Waals surface area contributed by atoms with Gasteiger partial charge in [0.05, 0.1) is 12.7 Å². The van der Waals surface area contributed by atoms with E-state index in [1.807, 2.05) is 49.4 Å². The van der Waals surface area contributed by atoms with Gasteiger partial charge in [-0.1, -0.05) is 54.6 Å². The van der Waals surface area contributed by atoms with Crippen molar-refractivity contribution < 1.29 is 4.79 Å². The first-order chi connectivity index (χ1) is 13.0. The molecule has 1 amide bonds. The van der Waals surface area contributed by atoms with Gasteiger partial charge in [0.25, 0.3) is 5.56 Å². The number of carbonyl (C=O) groups is 1. The molecule has 3 rings (SSSR count). The third-order valence-corrected chi connectivity index (χ3v) is 4.62. The molecule has 138 valence electrons. The maximum Gasteiger partial charge on any atom is 0.256 e. The molecule has 0 fully saturated rings. The summed E-state index contributed by atoms with van der Waals surface area (Å²) in [6.07, 6.45) is 1.84. The molecule has 1 aromatic heterocycles. The van der Waals surface area contributed by atoms with Crippen molar-refractivity contribution in [3.63, 3.8) is 0 Å². The summed E-state index contributed by atoms with van der Waals surface area (Å²) in [6.45, 7) is 4.38. The predicted molar refractivity (Wildman–Crippen MR) is 107 cm³/mol. The van der Waals surface area contributed by atoms with Gasteiger partial charge in [0.2, 0.25) is 5.91 Å². The minimum absolute atomic E-state index is 0.0618. The topological polar surface area (TPSA) is 64.0 Å². The number of nitrogens with zero attached hydrogens (tertiary/aromatic N) is 2. The standard InChI is InChI=1S/C22H23N3O2/c1-16-17(2)24-15-25(22(16)27)13-12-23-21(26)14-18-8-10-20(11-9-18)19-6-4-3-5-7-19/h3-11,15H,12-14H2,1-2H3,(H,23,26). The fourth-order valence-electron chi connectivity index (χ4n) is 2.84. The maximum absolute atomic E-state index is 12.1. The van der Waals surface area contributed by atoms with Crippen LogP contribution in [0.25, 0.3) is 11.1 Å². The van der Waals surface area contributed by atoms with E-state index in [1.165, 1.54) is 10.9 Å². The Bertz CT molecular complexity index is 977. The van der Waals surface area contributed by atoms with Crippen LogP contribution in [0.5, 0.6) is 0 Å². The molecule has 0 aliphatic carbocycles. The lowest BCUT2D eigenvalue weighted by Gasteiger charge is -2.09. The van der Waals surface area contributed by atoms with Crippen molar-refractivity contribution in [1.29, 1.82) is 0 Å². The van der Waals surface area contributed by atoms with E-state index < -0.39 is 0 Å². The van der Waals surface area contributed by atoms with Crippen LogP contribution in [-0.4, -0.2) is 22.0 Å². The molecular weight excluding hydrogens is 338 g/mol. The fraction of sp³-hybridized carbons (Fsp3) is 0.227. The Labute approximate surface area is 158 Å². The Balaban J connectivity index is 1.52. The van der Waals surface area contributed by atoms with Crippen LogP contribution in [0.2, 0.25) is 0 Å². The van der Waals surface area contributed by atoms with Crippen LogP contribution < -0.4 is 10.9 Å². The van der Waals surface area contributed by atoms with Crippen LogP contribution >= 0.6 is 0 Å². The molecule has 0 aliphatic heterocycles. The van der Waals surface area contributed by atoms with Crippen molar-refractivity contribution in [3.05, 3.63) is 88.1 Å². The van der Waals surface area contributed by atoms with Gasteiger partial charge in [-0.3, -0.25) is 14.2 Å². The first kappa shape index (κ1) is 18.6. The molecule has 0 aliphatic rings. The molecule has 27 heavy (non-hydrogen) atoms. The van der Waals surface area contributed by atoms with Gasteiger partial charge in [0, 0.05) is 24.3 Å². The van der Waals surface area contributed by atoms with Crippen molar-refractivity contribution >= 4 is 5.91 Å². The van der Waals surface area contributed by atoms with E-state index in [9.17, 15) is 9.59 Å². The number of benzene rings is 2. The number of amides is 1. The maximum atomic E-state index is 12.1. The number of hydrogen-bond donors (Lipinski definition) is 1. The summed E-state index contributed by atoms with van der Waals surface area (Å²) < 4.78 is 1.53. The molecule has 3 aromatic rings. The van der Waals surface area contributed by atoms with E-state index in [0.717, 1.165) is 22.4 Å². The molecule has 0 spiro atoms. The zero-order valence-corrected chi connectivity index (χ0v) is 15.6. The zero-order chi connectivity index (χ0) is 19.2. The number of rotatable bonds is 6. The average molecular weight is 361 g/mol. The Hall–Kier alpha value is -3.21. The number of aromatic nitrogens is 2. The molecule has 0 radical (unpaired) electrons. The summed E-state index contributed by atoms with van der Waals surface area (Å²) in [5.41, 5.74) is 4.55. The lowest BCUT2D eigenvalue weighted by molar-refractivity contribution is -0.120. The second-order valence-electron chi connectivity index (χ2n) is 6.54. The van der Waals surface area contributed by atoms with Gasteiger partial charge in [-0.15, -0.1) is 0 Å². The summed E-state index contributed by atoms with van der Waals surface area (Å²) in [5, 5.41) is 2.86. The van der Waals surface area contributed by atoms with Gasteiger partial charge in [-0.25, -0.2) is 4.98 Å². The fourth-order valence-corrected chi connectivity index (χ4v) is 2.84. The molecular formula is C22H23N3O2. The van der Waals surface area contributed by atoms with Crippen LogP contribution in [0.15, 0.2) is 65.7 Å². The first-order valence-electron chi connectivity index (χ1n) is 8.98. The van der Waals surface area contributed by atoms with E-state index in [1.54, 1.807) is 6.92 Å². The van der Waals surface area contributed by atoms with Crippen LogP contribution in [0.1, 0.15) is 16.8 Å². The third-order valence-electron chi connectivity index (χ3n) is 4.62. The number of hydrogen-bond acceptors (Lipinski definition) is 3. The van der Waals surface area contributed by atoms with Gasteiger partial charge in [-0.05, 0) is 30.5 Å². The van der Waals surface area contributed by atoms with E-state index in [2.05, 4.69) is 22.4 Å². The summed E-state index contributed by atoms with van der Waals surface area (Å²) >= 11 is 0. The number of nitrogens with one attached hydrogen (secondary N) is 1. The highest BCUT2D eigenvalue weighted by Gasteiger charge is 2.06. The Morgan fingerprint density at radius 1 is 1.00 bits per heavy atom.